The maximum absolute atomic E-state index is 13.3. The molecule has 0 bridgehead atoms. The summed E-state index contributed by atoms with van der Waals surface area (Å²) in [5.41, 5.74) is 2.27. The lowest BCUT2D eigenvalue weighted by atomic mass is 10.1. The second-order valence-corrected chi connectivity index (χ2v) is 9.62. The molecule has 31 heavy (non-hydrogen) atoms. The number of para-hydroxylation sites is 1. The average molecular weight is 460 g/mol. The zero-order valence-electron chi connectivity index (χ0n) is 17.4. The van der Waals surface area contributed by atoms with E-state index in [2.05, 4.69) is 4.98 Å². The number of nitrogens with zero attached hydrogens (tertiary/aromatic N) is 3. The lowest BCUT2D eigenvalue weighted by Crippen LogP contribution is -2.39. The van der Waals surface area contributed by atoms with Gasteiger partial charge in [0.25, 0.3) is 0 Å². The second-order valence-electron chi connectivity index (χ2n) is 8.23. The SMILES string of the molecule is CC(C)(C)OC(=O)N1CC=C(c2csc(C(=O)c3cn(SF)c4ccccc34)n2)CC1. The van der Waals surface area contributed by atoms with Gasteiger partial charge >= 0.3 is 6.09 Å². The van der Waals surface area contributed by atoms with Gasteiger partial charge in [-0.05, 0) is 38.8 Å². The smallest absolute Gasteiger partial charge is 0.410 e. The molecular weight excluding hydrogens is 437 g/mol. The number of benzene rings is 1. The van der Waals surface area contributed by atoms with Crippen molar-refractivity contribution in [3.05, 3.63) is 58.2 Å². The van der Waals surface area contributed by atoms with Crippen molar-refractivity contribution >= 4 is 52.0 Å². The maximum atomic E-state index is 13.3. The van der Waals surface area contributed by atoms with Crippen LogP contribution in [0.25, 0.3) is 16.5 Å². The number of ketones is 1. The largest absolute Gasteiger partial charge is 0.444 e. The first-order valence-electron chi connectivity index (χ1n) is 9.83. The molecule has 0 saturated heterocycles. The van der Waals surface area contributed by atoms with Crippen LogP contribution in [0.5, 0.6) is 0 Å². The summed E-state index contributed by atoms with van der Waals surface area (Å²) in [4.78, 5) is 31.5. The highest BCUT2D eigenvalue weighted by Gasteiger charge is 2.25. The highest BCUT2D eigenvalue weighted by Crippen LogP contribution is 2.30. The van der Waals surface area contributed by atoms with Crippen LogP contribution in [-0.2, 0) is 4.74 Å². The van der Waals surface area contributed by atoms with E-state index in [1.165, 1.54) is 21.5 Å². The van der Waals surface area contributed by atoms with Crippen molar-refractivity contribution < 1.29 is 18.2 Å². The molecule has 162 valence electrons. The number of aromatic nitrogens is 2. The van der Waals surface area contributed by atoms with Crippen LogP contribution in [0, 0.1) is 0 Å². The summed E-state index contributed by atoms with van der Waals surface area (Å²) < 4.78 is 20.0. The number of rotatable bonds is 4. The average Bonchev–Trinajstić information content (AvgIpc) is 3.37. The topological polar surface area (TPSA) is 64.4 Å². The molecule has 3 heterocycles. The molecular formula is C22H22FN3O3S2. The Morgan fingerprint density at radius 1 is 1.26 bits per heavy atom. The maximum Gasteiger partial charge on any atom is 0.410 e. The summed E-state index contributed by atoms with van der Waals surface area (Å²) >= 11 is 1.33. The van der Waals surface area contributed by atoms with E-state index in [-0.39, 0.29) is 24.2 Å². The Kier molecular flexibility index (Phi) is 5.90. The standard InChI is InChI=1S/C22H22FN3O3S2/c1-22(2,3)29-21(28)25-10-8-14(9-11-25)17-13-30-20(24-17)19(27)16-12-26(31-23)18-7-5-4-6-15(16)18/h4-8,12-13H,9-11H2,1-3H3. The van der Waals surface area contributed by atoms with Crippen molar-refractivity contribution in [2.24, 2.45) is 0 Å². The molecule has 1 aromatic carbocycles. The molecule has 1 aliphatic rings. The molecule has 6 nitrogen and oxygen atoms in total. The van der Waals surface area contributed by atoms with Gasteiger partial charge in [-0.15, -0.1) is 15.2 Å². The van der Waals surface area contributed by atoms with Crippen molar-refractivity contribution in [3.63, 3.8) is 0 Å². The summed E-state index contributed by atoms with van der Waals surface area (Å²) in [6.45, 7) is 6.49. The fourth-order valence-corrected chi connectivity index (χ4v) is 4.60. The highest BCUT2D eigenvalue weighted by atomic mass is 32.2. The third-order valence-corrected chi connectivity index (χ3v) is 6.18. The highest BCUT2D eigenvalue weighted by molar-refractivity contribution is 7.92. The third-order valence-electron chi connectivity index (χ3n) is 4.89. The van der Waals surface area contributed by atoms with E-state index in [1.54, 1.807) is 23.1 Å². The van der Waals surface area contributed by atoms with Crippen molar-refractivity contribution in [1.29, 1.82) is 0 Å². The summed E-state index contributed by atoms with van der Waals surface area (Å²) in [5, 5.41) is 2.90. The zero-order chi connectivity index (χ0) is 22.2. The Morgan fingerprint density at radius 2 is 2.03 bits per heavy atom. The number of thiazole rings is 1. The third kappa shape index (κ3) is 4.52. The molecule has 0 N–H and O–H groups in total. The zero-order valence-corrected chi connectivity index (χ0v) is 19.1. The number of carbonyl (C=O) groups is 2. The molecule has 0 radical (unpaired) electrons. The van der Waals surface area contributed by atoms with Crippen molar-refractivity contribution in [2.75, 3.05) is 13.1 Å². The summed E-state index contributed by atoms with van der Waals surface area (Å²) in [6, 6.07) is 7.21. The van der Waals surface area contributed by atoms with Gasteiger partial charge in [0.2, 0.25) is 5.78 Å². The first-order valence-corrected chi connectivity index (χ1v) is 11.4. The van der Waals surface area contributed by atoms with Crippen LogP contribution in [0.15, 0.2) is 41.9 Å². The summed E-state index contributed by atoms with van der Waals surface area (Å²) in [6.07, 6.45) is 3.76. The molecule has 9 heteroatoms. The van der Waals surface area contributed by atoms with Gasteiger partial charge in [-0.3, -0.25) is 8.77 Å². The minimum atomic E-state index is -0.533. The molecule has 2 aromatic heterocycles. The molecule has 3 aromatic rings. The molecule has 0 atom stereocenters. The molecule has 4 rings (SSSR count). The van der Waals surface area contributed by atoms with Gasteiger partial charge in [0.1, 0.15) is 5.60 Å². The van der Waals surface area contributed by atoms with E-state index in [0.29, 0.717) is 41.0 Å². The monoisotopic (exact) mass is 459 g/mol. The van der Waals surface area contributed by atoms with E-state index in [1.807, 2.05) is 38.3 Å². The van der Waals surface area contributed by atoms with Crippen LogP contribution in [-0.4, -0.2) is 44.4 Å². The Labute approximate surface area is 188 Å². The van der Waals surface area contributed by atoms with Crippen molar-refractivity contribution in [3.8, 4) is 0 Å². The van der Waals surface area contributed by atoms with E-state index >= 15 is 0 Å². The number of hydrogen-bond acceptors (Lipinski definition) is 6. The quantitative estimate of drug-likeness (QED) is 0.466. The predicted octanol–water partition coefficient (Wildman–Crippen LogP) is 5.73. The van der Waals surface area contributed by atoms with E-state index in [4.69, 9.17) is 4.74 Å². The van der Waals surface area contributed by atoms with Crippen LogP contribution >= 0.6 is 23.7 Å². The molecule has 0 saturated carbocycles. The summed E-state index contributed by atoms with van der Waals surface area (Å²) in [7, 11) is 0. The van der Waals surface area contributed by atoms with E-state index < -0.39 is 5.60 Å². The van der Waals surface area contributed by atoms with Crippen molar-refractivity contribution in [2.45, 2.75) is 32.8 Å². The number of amides is 1. The minimum absolute atomic E-state index is 0.0613. The molecule has 0 unspecified atom stereocenters. The number of ether oxygens (including phenoxy) is 1. The van der Waals surface area contributed by atoms with Crippen molar-refractivity contribution in [1.82, 2.24) is 13.9 Å². The number of fused-ring (bicyclic) bond motifs is 1. The first kappa shape index (κ1) is 21.6. The molecule has 0 spiro atoms. The normalized spacial score (nSPS) is 14.6. The van der Waals surface area contributed by atoms with Crippen LogP contribution in [0.1, 0.15) is 48.3 Å². The van der Waals surface area contributed by atoms with Gasteiger partial charge in [0, 0.05) is 30.1 Å². The Balaban J connectivity index is 1.52. The second kappa shape index (κ2) is 8.47. The van der Waals surface area contributed by atoms with Crippen LogP contribution < -0.4 is 0 Å². The molecule has 0 aliphatic carbocycles. The fourth-order valence-electron chi connectivity index (χ4n) is 3.42. The van der Waals surface area contributed by atoms with Gasteiger partial charge in [-0.2, -0.15) is 0 Å². The lowest BCUT2D eigenvalue weighted by Gasteiger charge is -2.29. The van der Waals surface area contributed by atoms with Gasteiger partial charge < -0.3 is 9.64 Å². The first-order chi connectivity index (χ1) is 14.8. The van der Waals surface area contributed by atoms with E-state index in [0.717, 1.165) is 11.3 Å². The number of hydrogen-bond donors (Lipinski definition) is 0. The Bertz CT molecular complexity index is 1180. The van der Waals surface area contributed by atoms with Crippen LogP contribution in [0.2, 0.25) is 0 Å². The van der Waals surface area contributed by atoms with Gasteiger partial charge in [-0.25, -0.2) is 9.78 Å². The van der Waals surface area contributed by atoms with Gasteiger partial charge in [0.15, 0.2) is 17.3 Å². The van der Waals surface area contributed by atoms with Crippen LogP contribution in [0.3, 0.4) is 0 Å². The van der Waals surface area contributed by atoms with Crippen LogP contribution in [0.4, 0.5) is 8.68 Å². The minimum Gasteiger partial charge on any atom is -0.444 e. The van der Waals surface area contributed by atoms with E-state index in [9.17, 15) is 13.5 Å². The van der Waals surface area contributed by atoms with Gasteiger partial charge in [-0.1, -0.05) is 24.3 Å². The Morgan fingerprint density at radius 3 is 2.71 bits per heavy atom. The molecule has 0 fully saturated rings. The predicted molar refractivity (Wildman–Crippen MR) is 122 cm³/mol. The summed E-state index contributed by atoms with van der Waals surface area (Å²) in [5.74, 6) is -0.230. The number of halogens is 1. The number of carbonyl (C=O) groups excluding carboxylic acids is 2. The van der Waals surface area contributed by atoms with Gasteiger partial charge in [0.05, 0.1) is 16.8 Å². The molecule has 1 aliphatic heterocycles. The molecule has 1 amide bonds. The lowest BCUT2D eigenvalue weighted by molar-refractivity contribution is 0.0270. The Hall–Kier alpha value is -2.65. The fraction of sp³-hybridized carbons (Fsp3) is 0.318.